The molecule has 2 saturated heterocycles. The molecule has 1 aromatic rings. The van der Waals surface area contributed by atoms with Gasteiger partial charge in [0.05, 0.1) is 17.1 Å². The fourth-order valence-electron chi connectivity index (χ4n) is 2.78. The Morgan fingerprint density at radius 1 is 1.26 bits per heavy atom. The van der Waals surface area contributed by atoms with Crippen molar-refractivity contribution in [3.8, 4) is 0 Å². The molecule has 0 spiro atoms. The minimum Gasteiger partial charge on any atom is -0.387 e. The normalized spacial score (nSPS) is 37.2. The lowest BCUT2D eigenvalue weighted by atomic mass is 9.98. The summed E-state index contributed by atoms with van der Waals surface area (Å²) in [5.74, 6) is 0. The lowest BCUT2D eigenvalue weighted by Gasteiger charge is -2.45. The summed E-state index contributed by atoms with van der Waals surface area (Å²) >= 11 is 0. The second-order valence-corrected chi connectivity index (χ2v) is 5.34. The average Bonchev–Trinajstić information content (AvgIpc) is 2.57. The van der Waals surface area contributed by atoms with E-state index >= 15 is 0 Å². The highest BCUT2D eigenvalue weighted by Gasteiger charge is 2.49. The summed E-state index contributed by atoms with van der Waals surface area (Å²) in [7, 11) is 1.35. The maximum atomic E-state index is 11.1. The van der Waals surface area contributed by atoms with E-state index in [0.717, 1.165) is 0 Å². The summed E-state index contributed by atoms with van der Waals surface area (Å²) in [6.45, 7) is 0.0466. The van der Waals surface area contributed by atoms with E-state index in [0.29, 0.717) is 0 Å². The van der Waals surface area contributed by atoms with Crippen LogP contribution in [0.5, 0.6) is 0 Å². The van der Waals surface area contributed by atoms with Crippen LogP contribution in [0.2, 0.25) is 0 Å². The van der Waals surface area contributed by atoms with Gasteiger partial charge < -0.3 is 29.2 Å². The minimum absolute atomic E-state index is 0.0466. The lowest BCUT2D eigenvalue weighted by Crippen LogP contribution is -2.62. The van der Waals surface area contributed by atoms with E-state index in [2.05, 4.69) is 0 Å². The van der Waals surface area contributed by atoms with Gasteiger partial charge in [0, 0.05) is 13.2 Å². The van der Waals surface area contributed by atoms with E-state index in [9.17, 15) is 20.3 Å². The van der Waals surface area contributed by atoms with Crippen molar-refractivity contribution in [3.05, 3.63) is 39.9 Å². The van der Waals surface area contributed by atoms with Crippen LogP contribution < -0.4 is 0 Å². The van der Waals surface area contributed by atoms with Gasteiger partial charge in [0.2, 0.25) is 0 Å². The molecule has 3 rings (SSSR count). The molecule has 0 bridgehead atoms. The molecule has 0 unspecified atom stereocenters. The van der Waals surface area contributed by atoms with Gasteiger partial charge in [-0.15, -0.1) is 0 Å². The number of hydrogen-bond donors (Lipinski definition) is 2. The Labute approximate surface area is 131 Å². The predicted molar refractivity (Wildman–Crippen MR) is 74.3 cm³/mol. The number of nitrogens with zero attached hydrogens (tertiary/aromatic N) is 1. The van der Waals surface area contributed by atoms with Crippen molar-refractivity contribution in [2.24, 2.45) is 0 Å². The third-order valence-corrected chi connectivity index (χ3v) is 3.95. The van der Waals surface area contributed by atoms with Crippen LogP contribution in [0.4, 0.5) is 5.69 Å². The number of benzene rings is 1. The number of nitro benzene ring substituents is 1. The number of rotatable bonds is 3. The molecule has 0 aliphatic carbocycles. The first kappa shape index (κ1) is 16.2. The van der Waals surface area contributed by atoms with E-state index in [1.165, 1.54) is 19.2 Å². The highest BCUT2D eigenvalue weighted by molar-refractivity contribution is 5.40. The van der Waals surface area contributed by atoms with Gasteiger partial charge >= 0.3 is 0 Å². The molecule has 9 heteroatoms. The molecule has 9 nitrogen and oxygen atoms in total. The van der Waals surface area contributed by atoms with Gasteiger partial charge in [0.1, 0.15) is 24.4 Å². The zero-order chi connectivity index (χ0) is 16.6. The SMILES string of the molecule is CO[C@H]1O[C@@H]2CO[C@@H](c3ccccc3[N+](=O)[O-])O[C@H]2[C@H](O)[C@H]1O. The maximum absolute atomic E-state index is 11.1. The molecule has 2 heterocycles. The van der Waals surface area contributed by atoms with Crippen LogP contribution in [0.1, 0.15) is 11.9 Å². The van der Waals surface area contributed by atoms with Crippen LogP contribution >= 0.6 is 0 Å². The van der Waals surface area contributed by atoms with Crippen LogP contribution in [0.25, 0.3) is 0 Å². The van der Waals surface area contributed by atoms with Crippen molar-refractivity contribution in [1.82, 2.24) is 0 Å². The van der Waals surface area contributed by atoms with E-state index in [1.54, 1.807) is 12.1 Å². The number of methoxy groups -OCH3 is 1. The summed E-state index contributed by atoms with van der Waals surface area (Å²) in [6.07, 6.45) is -6.07. The first-order valence-electron chi connectivity index (χ1n) is 7.07. The zero-order valence-electron chi connectivity index (χ0n) is 12.3. The Hall–Kier alpha value is -1.62. The molecule has 2 aliphatic heterocycles. The molecule has 0 aromatic heterocycles. The van der Waals surface area contributed by atoms with E-state index in [1.807, 2.05) is 0 Å². The molecule has 2 N–H and O–H groups in total. The molecule has 6 atom stereocenters. The average molecular weight is 327 g/mol. The predicted octanol–water partition coefficient (Wildman–Crippen LogP) is 0.102. The molecular weight excluding hydrogens is 310 g/mol. The van der Waals surface area contributed by atoms with Crippen molar-refractivity contribution >= 4 is 5.69 Å². The Balaban J connectivity index is 1.81. The van der Waals surface area contributed by atoms with Crippen LogP contribution in [0.3, 0.4) is 0 Å². The Kier molecular flexibility index (Phi) is 4.57. The largest absolute Gasteiger partial charge is 0.387 e. The van der Waals surface area contributed by atoms with Crippen LogP contribution in [-0.2, 0) is 18.9 Å². The summed E-state index contributed by atoms with van der Waals surface area (Å²) in [5.41, 5.74) is 0.101. The number of ether oxygens (including phenoxy) is 4. The van der Waals surface area contributed by atoms with E-state index in [4.69, 9.17) is 18.9 Å². The fraction of sp³-hybridized carbons (Fsp3) is 0.571. The molecule has 1 aromatic carbocycles. The molecule has 2 fully saturated rings. The monoisotopic (exact) mass is 327 g/mol. The fourth-order valence-corrected chi connectivity index (χ4v) is 2.78. The van der Waals surface area contributed by atoms with Crippen LogP contribution in [0.15, 0.2) is 24.3 Å². The number of aliphatic hydroxyl groups is 2. The number of fused-ring (bicyclic) bond motifs is 1. The third-order valence-electron chi connectivity index (χ3n) is 3.95. The number of aliphatic hydroxyl groups excluding tert-OH is 2. The van der Waals surface area contributed by atoms with Gasteiger partial charge in [-0.3, -0.25) is 10.1 Å². The Morgan fingerprint density at radius 2 is 2.00 bits per heavy atom. The quantitative estimate of drug-likeness (QED) is 0.592. The smallest absolute Gasteiger partial charge is 0.277 e. The lowest BCUT2D eigenvalue weighted by molar-refractivity contribution is -0.391. The molecule has 126 valence electrons. The van der Waals surface area contributed by atoms with Crippen molar-refractivity contribution in [2.45, 2.75) is 37.0 Å². The standard InChI is InChI=1S/C14H17NO8/c1-20-14-11(17)10(16)12-9(22-14)6-21-13(23-12)7-4-2-3-5-8(7)15(18)19/h2-5,9-14,16-17H,6H2,1H3/t9-,10-,11-,12-,13-,14+/m1/s1. The molecule has 0 radical (unpaired) electrons. The topological polar surface area (TPSA) is 121 Å². The Bertz CT molecular complexity index is 580. The van der Waals surface area contributed by atoms with Gasteiger partial charge in [-0.2, -0.15) is 0 Å². The first-order valence-corrected chi connectivity index (χ1v) is 7.07. The van der Waals surface area contributed by atoms with Crippen molar-refractivity contribution in [2.75, 3.05) is 13.7 Å². The van der Waals surface area contributed by atoms with Crippen LogP contribution in [0, 0.1) is 10.1 Å². The first-order chi connectivity index (χ1) is 11.0. The zero-order valence-corrected chi connectivity index (χ0v) is 12.3. The molecule has 2 aliphatic rings. The second-order valence-electron chi connectivity index (χ2n) is 5.34. The maximum Gasteiger partial charge on any atom is 0.277 e. The van der Waals surface area contributed by atoms with Crippen molar-refractivity contribution in [1.29, 1.82) is 0 Å². The van der Waals surface area contributed by atoms with Crippen molar-refractivity contribution in [3.63, 3.8) is 0 Å². The van der Waals surface area contributed by atoms with Crippen LogP contribution in [-0.4, -0.2) is 59.6 Å². The highest BCUT2D eigenvalue weighted by Crippen LogP contribution is 2.37. The summed E-state index contributed by atoms with van der Waals surface area (Å²) < 4.78 is 21.5. The van der Waals surface area contributed by atoms with E-state index in [-0.39, 0.29) is 17.9 Å². The summed E-state index contributed by atoms with van der Waals surface area (Å²) in [5, 5.41) is 31.2. The summed E-state index contributed by atoms with van der Waals surface area (Å²) in [6, 6.07) is 6.04. The van der Waals surface area contributed by atoms with Gasteiger partial charge in [-0.25, -0.2) is 0 Å². The van der Waals surface area contributed by atoms with Gasteiger partial charge in [-0.05, 0) is 6.07 Å². The second kappa shape index (κ2) is 6.48. The van der Waals surface area contributed by atoms with Crippen molar-refractivity contribution < 1.29 is 34.1 Å². The van der Waals surface area contributed by atoms with Gasteiger partial charge in [0.15, 0.2) is 12.6 Å². The highest BCUT2D eigenvalue weighted by atomic mass is 16.8. The van der Waals surface area contributed by atoms with Gasteiger partial charge in [0.25, 0.3) is 5.69 Å². The number of para-hydroxylation sites is 1. The van der Waals surface area contributed by atoms with E-state index < -0.39 is 41.9 Å². The molecule has 23 heavy (non-hydrogen) atoms. The molecular formula is C14H17NO8. The Morgan fingerprint density at radius 3 is 2.70 bits per heavy atom. The number of hydrogen-bond acceptors (Lipinski definition) is 8. The summed E-state index contributed by atoms with van der Waals surface area (Å²) in [4.78, 5) is 10.6. The molecule has 0 amide bonds. The minimum atomic E-state index is -1.29. The third kappa shape index (κ3) is 2.94. The number of nitro groups is 1. The van der Waals surface area contributed by atoms with Gasteiger partial charge in [-0.1, -0.05) is 12.1 Å². The molecule has 0 saturated carbocycles.